The fourth-order valence-electron chi connectivity index (χ4n) is 1.90. The molecule has 1 aromatic carbocycles. The van der Waals surface area contributed by atoms with Crippen LogP contribution in [-0.4, -0.2) is 26.0 Å². The zero-order valence-corrected chi connectivity index (χ0v) is 12.7. The second-order valence-electron chi connectivity index (χ2n) is 4.72. The fraction of sp³-hybridized carbons (Fsp3) is 0.417. The molecule has 0 radical (unpaired) electrons. The molecule has 1 saturated carbocycles. The molecule has 0 spiro atoms. The molecule has 0 bridgehead atoms. The molecule has 20 heavy (non-hydrogen) atoms. The number of rotatable bonds is 5. The van der Waals surface area contributed by atoms with Crippen molar-refractivity contribution in [2.75, 3.05) is 6.54 Å². The fourth-order valence-corrected chi connectivity index (χ4v) is 3.87. The van der Waals surface area contributed by atoms with Crippen molar-refractivity contribution >= 4 is 39.2 Å². The van der Waals surface area contributed by atoms with E-state index in [0.29, 0.717) is 12.5 Å². The van der Waals surface area contributed by atoms with Crippen LogP contribution in [-0.2, 0) is 10.0 Å². The van der Waals surface area contributed by atoms with Gasteiger partial charge in [-0.15, -0.1) is 0 Å². The van der Waals surface area contributed by atoms with Crippen molar-refractivity contribution in [3.8, 4) is 0 Å². The SMILES string of the molecule is O=C(O)c1cc(S(=O)(=O)NCC2CCC2)c(Cl)cc1Cl. The van der Waals surface area contributed by atoms with Gasteiger partial charge in [0.1, 0.15) is 4.90 Å². The summed E-state index contributed by atoms with van der Waals surface area (Å²) in [6.45, 7) is 0.337. The lowest BCUT2D eigenvalue weighted by molar-refractivity contribution is 0.0697. The molecular weight excluding hydrogens is 325 g/mol. The molecule has 0 unspecified atom stereocenters. The molecular formula is C12H13Cl2NO4S. The maximum Gasteiger partial charge on any atom is 0.337 e. The molecule has 0 heterocycles. The van der Waals surface area contributed by atoms with E-state index in [9.17, 15) is 13.2 Å². The second-order valence-corrected chi connectivity index (χ2v) is 7.27. The van der Waals surface area contributed by atoms with Gasteiger partial charge in [0.15, 0.2) is 0 Å². The molecule has 5 nitrogen and oxygen atoms in total. The first-order chi connectivity index (χ1) is 9.31. The lowest BCUT2D eigenvalue weighted by atomic mass is 9.86. The second kappa shape index (κ2) is 5.89. The molecule has 0 aromatic heterocycles. The molecule has 0 aliphatic heterocycles. The first-order valence-corrected chi connectivity index (χ1v) is 8.27. The van der Waals surface area contributed by atoms with Crippen LogP contribution in [0.4, 0.5) is 0 Å². The van der Waals surface area contributed by atoms with Crippen LogP contribution >= 0.6 is 23.2 Å². The van der Waals surface area contributed by atoms with E-state index in [1.807, 2.05) is 0 Å². The van der Waals surface area contributed by atoms with E-state index < -0.39 is 16.0 Å². The lowest BCUT2D eigenvalue weighted by Gasteiger charge is -2.25. The van der Waals surface area contributed by atoms with E-state index >= 15 is 0 Å². The number of hydrogen-bond acceptors (Lipinski definition) is 3. The van der Waals surface area contributed by atoms with Crippen LogP contribution in [0, 0.1) is 5.92 Å². The van der Waals surface area contributed by atoms with Crippen LogP contribution in [0.5, 0.6) is 0 Å². The smallest absolute Gasteiger partial charge is 0.337 e. The summed E-state index contributed by atoms with van der Waals surface area (Å²) in [5.74, 6) is -0.961. The van der Waals surface area contributed by atoms with E-state index in [1.54, 1.807) is 0 Å². The number of carbonyl (C=O) groups is 1. The first kappa shape index (κ1) is 15.6. The van der Waals surface area contributed by atoms with Gasteiger partial charge in [-0.05, 0) is 30.9 Å². The van der Waals surface area contributed by atoms with E-state index in [1.165, 1.54) is 0 Å². The Bertz CT molecular complexity index is 641. The van der Waals surface area contributed by atoms with Crippen molar-refractivity contribution in [3.05, 3.63) is 27.7 Å². The summed E-state index contributed by atoms with van der Waals surface area (Å²) in [5, 5.41) is 8.78. The maximum absolute atomic E-state index is 12.2. The Labute approximate surface area is 126 Å². The highest BCUT2D eigenvalue weighted by Gasteiger charge is 2.25. The van der Waals surface area contributed by atoms with Crippen molar-refractivity contribution in [1.82, 2.24) is 4.72 Å². The molecule has 1 aliphatic rings. The highest BCUT2D eigenvalue weighted by molar-refractivity contribution is 7.89. The summed E-state index contributed by atoms with van der Waals surface area (Å²) in [4.78, 5) is 10.7. The number of carboxylic acids is 1. The molecule has 1 fully saturated rings. The summed E-state index contributed by atoms with van der Waals surface area (Å²) < 4.78 is 26.8. The molecule has 1 aliphatic carbocycles. The third-order valence-electron chi connectivity index (χ3n) is 3.33. The molecule has 0 saturated heterocycles. The van der Waals surface area contributed by atoms with Crippen LogP contribution in [0.15, 0.2) is 17.0 Å². The zero-order valence-electron chi connectivity index (χ0n) is 10.4. The van der Waals surface area contributed by atoms with Gasteiger partial charge in [-0.25, -0.2) is 17.9 Å². The van der Waals surface area contributed by atoms with E-state index in [4.69, 9.17) is 28.3 Å². The van der Waals surface area contributed by atoms with Crippen LogP contribution in [0.2, 0.25) is 10.0 Å². The van der Waals surface area contributed by atoms with Gasteiger partial charge in [0.05, 0.1) is 15.6 Å². The van der Waals surface area contributed by atoms with Crippen molar-refractivity contribution in [2.45, 2.75) is 24.2 Å². The standard InChI is InChI=1S/C12H13Cl2NO4S/c13-9-5-10(14)11(4-8(9)12(16)17)20(18,19)15-6-7-2-1-3-7/h4-5,7,15H,1-3,6H2,(H,16,17). The molecule has 2 rings (SSSR count). The van der Waals surface area contributed by atoms with Crippen LogP contribution < -0.4 is 4.72 Å². The predicted molar refractivity (Wildman–Crippen MR) is 76.0 cm³/mol. The Morgan fingerprint density at radius 1 is 1.30 bits per heavy atom. The monoisotopic (exact) mass is 337 g/mol. The molecule has 110 valence electrons. The molecule has 8 heteroatoms. The van der Waals surface area contributed by atoms with Gasteiger partial charge in [0, 0.05) is 6.54 Å². The first-order valence-electron chi connectivity index (χ1n) is 6.03. The number of nitrogens with one attached hydrogen (secondary N) is 1. The highest BCUT2D eigenvalue weighted by atomic mass is 35.5. The molecule has 2 N–H and O–H groups in total. The lowest BCUT2D eigenvalue weighted by Crippen LogP contribution is -2.32. The summed E-state index contributed by atoms with van der Waals surface area (Å²) in [6, 6.07) is 2.11. The van der Waals surface area contributed by atoms with Gasteiger partial charge in [0.2, 0.25) is 10.0 Å². The van der Waals surface area contributed by atoms with Crippen molar-refractivity contribution in [1.29, 1.82) is 0 Å². The summed E-state index contributed by atoms with van der Waals surface area (Å²) in [5.41, 5.74) is -0.292. The van der Waals surface area contributed by atoms with Crippen LogP contribution in [0.25, 0.3) is 0 Å². The minimum Gasteiger partial charge on any atom is -0.478 e. The number of carboxylic acid groups (broad SMARTS) is 1. The number of sulfonamides is 1. The number of benzene rings is 1. The Hall–Kier alpha value is -0.820. The van der Waals surface area contributed by atoms with E-state index in [2.05, 4.69) is 4.72 Å². The average Bonchev–Trinajstić information content (AvgIpc) is 2.25. The van der Waals surface area contributed by atoms with Gasteiger partial charge in [-0.2, -0.15) is 0 Å². The van der Waals surface area contributed by atoms with Gasteiger partial charge in [-0.1, -0.05) is 29.6 Å². The Morgan fingerprint density at radius 3 is 2.45 bits per heavy atom. The van der Waals surface area contributed by atoms with Gasteiger partial charge in [0.25, 0.3) is 0 Å². The minimum atomic E-state index is -3.84. The summed E-state index contributed by atoms with van der Waals surface area (Å²) in [7, 11) is -3.84. The van der Waals surface area contributed by atoms with Gasteiger partial charge >= 0.3 is 5.97 Å². The summed E-state index contributed by atoms with van der Waals surface area (Å²) >= 11 is 11.6. The zero-order chi connectivity index (χ0) is 14.9. The predicted octanol–water partition coefficient (Wildman–Crippen LogP) is 2.77. The maximum atomic E-state index is 12.2. The van der Waals surface area contributed by atoms with E-state index in [-0.39, 0.29) is 20.5 Å². The third kappa shape index (κ3) is 3.25. The van der Waals surface area contributed by atoms with Crippen LogP contribution in [0.1, 0.15) is 29.6 Å². The van der Waals surface area contributed by atoms with Crippen molar-refractivity contribution < 1.29 is 18.3 Å². The highest BCUT2D eigenvalue weighted by Crippen LogP contribution is 2.30. The number of halogens is 2. The Balaban J connectivity index is 2.29. The molecule has 0 amide bonds. The Kier molecular flexibility index (Phi) is 4.59. The molecule has 0 atom stereocenters. The largest absolute Gasteiger partial charge is 0.478 e. The minimum absolute atomic E-state index is 0.0962. The third-order valence-corrected chi connectivity index (χ3v) is 5.53. The summed E-state index contributed by atoms with van der Waals surface area (Å²) in [6.07, 6.45) is 3.10. The average molecular weight is 338 g/mol. The number of hydrogen-bond donors (Lipinski definition) is 2. The van der Waals surface area contributed by atoms with Gasteiger partial charge < -0.3 is 5.11 Å². The van der Waals surface area contributed by atoms with E-state index in [0.717, 1.165) is 31.4 Å². The topological polar surface area (TPSA) is 83.5 Å². The van der Waals surface area contributed by atoms with Crippen molar-refractivity contribution in [2.24, 2.45) is 5.92 Å². The Morgan fingerprint density at radius 2 is 1.95 bits per heavy atom. The quantitative estimate of drug-likeness (QED) is 0.865. The van der Waals surface area contributed by atoms with Gasteiger partial charge in [-0.3, -0.25) is 0 Å². The number of aromatic carboxylic acids is 1. The molecule has 1 aromatic rings. The normalized spacial score (nSPS) is 15.9. The van der Waals surface area contributed by atoms with Crippen LogP contribution in [0.3, 0.4) is 0 Å². The van der Waals surface area contributed by atoms with Crippen molar-refractivity contribution in [3.63, 3.8) is 0 Å².